The predicted octanol–water partition coefficient (Wildman–Crippen LogP) is 3.14. The van der Waals surface area contributed by atoms with Crippen molar-refractivity contribution >= 4 is 17.6 Å². The summed E-state index contributed by atoms with van der Waals surface area (Å²) < 4.78 is 5.60. The van der Waals surface area contributed by atoms with Crippen LogP contribution in [-0.2, 0) is 22.4 Å². The summed E-state index contributed by atoms with van der Waals surface area (Å²) in [5.41, 5.74) is 2.38. The number of hydrogen-bond acceptors (Lipinski definition) is 3. The minimum atomic E-state index is -1.16. The molecule has 122 valence electrons. The van der Waals surface area contributed by atoms with Crippen molar-refractivity contribution in [2.45, 2.75) is 31.8 Å². The van der Waals surface area contributed by atoms with Crippen molar-refractivity contribution in [1.29, 1.82) is 0 Å². The molecule has 2 aliphatic heterocycles. The van der Waals surface area contributed by atoms with Crippen molar-refractivity contribution in [2.24, 2.45) is 0 Å². The molecule has 2 heterocycles. The first-order chi connectivity index (χ1) is 11.6. The number of hydrogen-bond donors (Lipinski definition) is 0. The smallest absolute Gasteiger partial charge is 0.339 e. The minimum Gasteiger partial charge on any atom is -0.445 e. The summed E-state index contributed by atoms with van der Waals surface area (Å²) >= 11 is 0. The summed E-state index contributed by atoms with van der Waals surface area (Å²) in [4.78, 5) is 27.4. The summed E-state index contributed by atoms with van der Waals surface area (Å²) in [5.74, 6) is -0.560. The van der Waals surface area contributed by atoms with Crippen LogP contribution in [0.25, 0.3) is 0 Å². The second-order valence-electron chi connectivity index (χ2n) is 6.64. The third-order valence-electron chi connectivity index (χ3n) is 4.89. The van der Waals surface area contributed by atoms with Gasteiger partial charge < -0.3 is 9.64 Å². The van der Waals surface area contributed by atoms with Crippen LogP contribution in [0.15, 0.2) is 48.5 Å². The summed E-state index contributed by atoms with van der Waals surface area (Å²) in [5, 5.41) is 0. The number of amides is 1. The van der Waals surface area contributed by atoms with Gasteiger partial charge in [-0.15, -0.1) is 0 Å². The topological polar surface area (TPSA) is 46.6 Å². The molecule has 24 heavy (non-hydrogen) atoms. The fraction of sp³-hybridized carbons (Fsp3) is 0.300. The highest BCUT2D eigenvalue weighted by Gasteiger charge is 2.45. The number of carbonyl (C=O) groups is 2. The molecule has 2 aromatic carbocycles. The first kappa shape index (κ1) is 14.9. The molecule has 0 spiro atoms. The van der Waals surface area contributed by atoms with Crippen LogP contribution >= 0.6 is 0 Å². The molecule has 2 aliphatic rings. The van der Waals surface area contributed by atoms with Gasteiger partial charge in [-0.25, -0.2) is 4.79 Å². The van der Waals surface area contributed by atoms with Gasteiger partial charge >= 0.3 is 5.97 Å². The maximum absolute atomic E-state index is 13.2. The highest BCUT2D eigenvalue weighted by Crippen LogP contribution is 2.34. The SMILES string of the molecule is CC1(C(=O)N2CCCc3ccccc32)Cc2ccccc2C(=O)O1. The molecule has 2 aromatic rings. The number of anilines is 1. The molecule has 1 atom stereocenters. The lowest BCUT2D eigenvalue weighted by atomic mass is 9.88. The fourth-order valence-corrected chi connectivity index (χ4v) is 3.68. The van der Waals surface area contributed by atoms with Crippen molar-refractivity contribution < 1.29 is 14.3 Å². The molecular formula is C20H19NO3. The number of carbonyl (C=O) groups excluding carboxylic acids is 2. The predicted molar refractivity (Wildman–Crippen MR) is 91.1 cm³/mol. The maximum atomic E-state index is 13.2. The van der Waals surface area contributed by atoms with E-state index in [0.717, 1.165) is 24.1 Å². The number of para-hydroxylation sites is 1. The van der Waals surface area contributed by atoms with Crippen LogP contribution in [-0.4, -0.2) is 24.0 Å². The largest absolute Gasteiger partial charge is 0.445 e. The number of fused-ring (bicyclic) bond motifs is 2. The molecular weight excluding hydrogens is 302 g/mol. The quantitative estimate of drug-likeness (QED) is 0.758. The standard InChI is InChI=1S/C20H19NO3/c1-20(13-15-8-2-4-10-16(15)18(22)24-20)19(23)21-12-6-9-14-7-3-5-11-17(14)21/h2-5,7-8,10-11H,6,9,12-13H2,1H3. The molecule has 4 heteroatoms. The van der Waals surface area contributed by atoms with E-state index in [1.54, 1.807) is 17.9 Å². The molecule has 0 saturated carbocycles. The van der Waals surface area contributed by atoms with Gasteiger partial charge in [-0.2, -0.15) is 0 Å². The van der Waals surface area contributed by atoms with Crippen molar-refractivity contribution in [1.82, 2.24) is 0 Å². The van der Waals surface area contributed by atoms with Gasteiger partial charge in [-0.05, 0) is 43.0 Å². The van der Waals surface area contributed by atoms with Crippen LogP contribution in [0.4, 0.5) is 5.69 Å². The summed E-state index contributed by atoms with van der Waals surface area (Å²) in [6, 6.07) is 15.3. The Kier molecular flexibility index (Phi) is 3.41. The highest BCUT2D eigenvalue weighted by atomic mass is 16.6. The number of esters is 1. The zero-order chi connectivity index (χ0) is 16.7. The van der Waals surface area contributed by atoms with E-state index in [9.17, 15) is 9.59 Å². The van der Waals surface area contributed by atoms with Crippen molar-refractivity contribution in [3.8, 4) is 0 Å². The van der Waals surface area contributed by atoms with Gasteiger partial charge in [-0.1, -0.05) is 36.4 Å². The van der Waals surface area contributed by atoms with Gasteiger partial charge in [0.15, 0.2) is 5.60 Å². The van der Waals surface area contributed by atoms with Gasteiger partial charge in [0, 0.05) is 18.7 Å². The normalized spacial score (nSPS) is 22.4. The Morgan fingerprint density at radius 3 is 2.62 bits per heavy atom. The third-order valence-corrected chi connectivity index (χ3v) is 4.89. The number of aryl methyl sites for hydroxylation is 1. The summed E-state index contributed by atoms with van der Waals surface area (Å²) in [7, 11) is 0. The van der Waals surface area contributed by atoms with Gasteiger partial charge in [0.2, 0.25) is 0 Å². The number of benzene rings is 2. The van der Waals surface area contributed by atoms with Crippen LogP contribution in [0.5, 0.6) is 0 Å². The van der Waals surface area contributed by atoms with Crippen LogP contribution in [0.3, 0.4) is 0 Å². The zero-order valence-corrected chi connectivity index (χ0v) is 13.6. The van der Waals surface area contributed by atoms with Gasteiger partial charge in [0.05, 0.1) is 5.56 Å². The molecule has 0 fully saturated rings. The number of cyclic esters (lactones) is 1. The van der Waals surface area contributed by atoms with Crippen molar-refractivity contribution in [3.05, 3.63) is 65.2 Å². The number of nitrogens with zero attached hydrogens (tertiary/aromatic N) is 1. The Bertz CT molecular complexity index is 829. The average molecular weight is 321 g/mol. The van der Waals surface area contributed by atoms with E-state index < -0.39 is 11.6 Å². The van der Waals surface area contributed by atoms with E-state index >= 15 is 0 Å². The lowest BCUT2D eigenvalue weighted by Gasteiger charge is -2.39. The third kappa shape index (κ3) is 2.30. The molecule has 0 N–H and O–H groups in total. The monoisotopic (exact) mass is 321 g/mol. The molecule has 1 amide bonds. The Labute approximate surface area is 141 Å². The lowest BCUT2D eigenvalue weighted by Crippen LogP contribution is -2.54. The minimum absolute atomic E-state index is 0.141. The first-order valence-electron chi connectivity index (χ1n) is 8.30. The molecule has 0 aromatic heterocycles. The maximum Gasteiger partial charge on any atom is 0.339 e. The molecule has 4 rings (SSSR count). The highest BCUT2D eigenvalue weighted by molar-refractivity contribution is 6.04. The van der Waals surface area contributed by atoms with E-state index in [1.807, 2.05) is 36.4 Å². The Morgan fingerprint density at radius 1 is 1.08 bits per heavy atom. The number of rotatable bonds is 1. The molecule has 0 aliphatic carbocycles. The second kappa shape index (κ2) is 5.48. The lowest BCUT2D eigenvalue weighted by molar-refractivity contribution is -0.137. The van der Waals surface area contributed by atoms with E-state index in [4.69, 9.17) is 4.74 Å². The molecule has 0 bridgehead atoms. The Balaban J connectivity index is 1.70. The van der Waals surface area contributed by atoms with Crippen LogP contribution in [0.1, 0.15) is 34.8 Å². The van der Waals surface area contributed by atoms with Gasteiger partial charge in [0.25, 0.3) is 5.91 Å². The van der Waals surface area contributed by atoms with Crippen molar-refractivity contribution in [2.75, 3.05) is 11.4 Å². The molecule has 4 nitrogen and oxygen atoms in total. The summed E-state index contributed by atoms with van der Waals surface area (Å²) in [6.45, 7) is 2.38. The first-order valence-corrected chi connectivity index (χ1v) is 8.30. The van der Waals surface area contributed by atoms with Crippen LogP contribution in [0, 0.1) is 0 Å². The second-order valence-corrected chi connectivity index (χ2v) is 6.64. The zero-order valence-electron chi connectivity index (χ0n) is 13.6. The van der Waals surface area contributed by atoms with E-state index in [-0.39, 0.29) is 5.91 Å². The van der Waals surface area contributed by atoms with Crippen molar-refractivity contribution in [3.63, 3.8) is 0 Å². The average Bonchev–Trinajstić information content (AvgIpc) is 2.60. The van der Waals surface area contributed by atoms with E-state index in [1.165, 1.54) is 5.56 Å². The fourth-order valence-electron chi connectivity index (χ4n) is 3.68. The molecule has 0 saturated heterocycles. The van der Waals surface area contributed by atoms with Crippen LogP contribution in [0.2, 0.25) is 0 Å². The van der Waals surface area contributed by atoms with Crippen LogP contribution < -0.4 is 4.90 Å². The number of ether oxygens (including phenoxy) is 1. The summed E-state index contributed by atoms with van der Waals surface area (Å²) in [6.07, 6.45) is 2.30. The Hall–Kier alpha value is -2.62. The molecule has 1 unspecified atom stereocenters. The molecule has 0 radical (unpaired) electrons. The van der Waals surface area contributed by atoms with Gasteiger partial charge in [0.1, 0.15) is 0 Å². The van der Waals surface area contributed by atoms with Gasteiger partial charge in [-0.3, -0.25) is 4.79 Å². The van der Waals surface area contributed by atoms with E-state index in [0.29, 0.717) is 18.5 Å². The Morgan fingerprint density at radius 2 is 1.79 bits per heavy atom. The van der Waals surface area contributed by atoms with E-state index in [2.05, 4.69) is 6.07 Å².